The van der Waals surface area contributed by atoms with E-state index in [1.54, 1.807) is 18.2 Å². The second kappa shape index (κ2) is 6.83. The Morgan fingerprint density at radius 2 is 1.92 bits per heavy atom. The summed E-state index contributed by atoms with van der Waals surface area (Å²) < 4.78 is 5.88. The van der Waals surface area contributed by atoms with E-state index in [0.29, 0.717) is 22.6 Å². The molecular formula is C20H21N3O2. The fraction of sp³-hybridized carbons (Fsp3) is 0.150. The van der Waals surface area contributed by atoms with E-state index in [4.69, 9.17) is 10.3 Å². The number of rotatable bonds is 5. The molecule has 3 rings (SSSR count). The third-order valence-corrected chi connectivity index (χ3v) is 3.91. The Morgan fingerprint density at radius 1 is 1.16 bits per heavy atom. The number of fused-ring (bicyclic) bond motifs is 1. The number of nitrogens with one attached hydrogen (secondary N) is 2. The number of anilines is 1. The van der Waals surface area contributed by atoms with Crippen molar-refractivity contribution in [2.75, 3.05) is 5.43 Å². The van der Waals surface area contributed by atoms with Crippen LogP contribution in [0.3, 0.4) is 0 Å². The number of hydrazine groups is 1. The van der Waals surface area contributed by atoms with Crippen molar-refractivity contribution in [3.05, 3.63) is 72.0 Å². The summed E-state index contributed by atoms with van der Waals surface area (Å²) in [6, 6.07) is 15.0. The van der Waals surface area contributed by atoms with E-state index in [0.717, 1.165) is 16.5 Å². The number of hydrogen-bond acceptors (Lipinski definition) is 4. The normalized spacial score (nSPS) is 10.9. The zero-order chi connectivity index (χ0) is 18.0. The number of hydrogen-bond donors (Lipinski definition) is 3. The molecule has 25 heavy (non-hydrogen) atoms. The molecule has 0 aliphatic heterocycles. The number of nitrogens with two attached hydrogens (primary N) is 1. The van der Waals surface area contributed by atoms with E-state index in [9.17, 15) is 4.79 Å². The van der Waals surface area contributed by atoms with Crippen LogP contribution in [0.4, 0.5) is 5.69 Å². The van der Waals surface area contributed by atoms with Crippen LogP contribution >= 0.6 is 0 Å². The topological polar surface area (TPSA) is 80.3 Å². The zero-order valence-corrected chi connectivity index (χ0v) is 14.3. The molecule has 0 spiro atoms. The fourth-order valence-electron chi connectivity index (χ4n) is 2.67. The predicted molar refractivity (Wildman–Crippen MR) is 101 cm³/mol. The molecule has 1 heterocycles. The number of furan rings is 1. The van der Waals surface area contributed by atoms with E-state index < -0.39 is 0 Å². The highest BCUT2D eigenvalue weighted by Crippen LogP contribution is 2.32. The molecule has 5 nitrogen and oxygen atoms in total. The van der Waals surface area contributed by atoms with Gasteiger partial charge in [-0.2, -0.15) is 0 Å². The number of amides is 1. The molecule has 0 fully saturated rings. The number of nitrogen functional groups attached to an aromatic ring is 1. The monoisotopic (exact) mass is 335 g/mol. The zero-order valence-electron chi connectivity index (χ0n) is 14.3. The Bertz CT molecular complexity index is 908. The molecule has 0 aliphatic carbocycles. The lowest BCUT2D eigenvalue weighted by Gasteiger charge is -2.13. The Balaban J connectivity index is 2.01. The minimum atomic E-state index is -0.141. The minimum Gasteiger partial charge on any atom is -0.456 e. The lowest BCUT2D eigenvalue weighted by molar-refractivity contribution is 0.0943. The summed E-state index contributed by atoms with van der Waals surface area (Å²) in [7, 11) is 0. The molecule has 1 amide bonds. The molecule has 2 aromatic carbocycles. The van der Waals surface area contributed by atoms with Crippen LogP contribution < -0.4 is 16.6 Å². The highest BCUT2D eigenvalue weighted by atomic mass is 16.3. The molecule has 0 unspecified atom stereocenters. The van der Waals surface area contributed by atoms with Crippen molar-refractivity contribution in [1.29, 1.82) is 0 Å². The average Bonchev–Trinajstić information content (AvgIpc) is 3.04. The van der Waals surface area contributed by atoms with Crippen LogP contribution in [0.5, 0.6) is 0 Å². The van der Waals surface area contributed by atoms with E-state index in [1.165, 1.54) is 0 Å². The van der Waals surface area contributed by atoms with Crippen LogP contribution in [-0.2, 0) is 0 Å². The van der Waals surface area contributed by atoms with Crippen LogP contribution in [-0.4, -0.2) is 11.9 Å². The number of carbonyl (C=O) groups excluding carboxylic acids is 1. The molecule has 0 saturated carbocycles. The smallest absolute Gasteiger partial charge is 0.251 e. The van der Waals surface area contributed by atoms with E-state index in [-0.39, 0.29) is 11.9 Å². The van der Waals surface area contributed by atoms with E-state index in [2.05, 4.69) is 17.3 Å². The lowest BCUT2D eigenvalue weighted by atomic mass is 9.99. The molecule has 3 aromatic rings. The van der Waals surface area contributed by atoms with Crippen molar-refractivity contribution in [1.82, 2.24) is 5.32 Å². The first-order valence-electron chi connectivity index (χ1n) is 8.09. The first kappa shape index (κ1) is 16.8. The lowest BCUT2D eigenvalue weighted by Crippen LogP contribution is -2.30. The maximum absolute atomic E-state index is 12.3. The summed E-state index contributed by atoms with van der Waals surface area (Å²) in [5.74, 6) is 6.12. The molecule has 0 saturated heterocycles. The Kier molecular flexibility index (Phi) is 4.59. The maximum atomic E-state index is 12.3. The second-order valence-corrected chi connectivity index (χ2v) is 6.16. The van der Waals surface area contributed by atoms with Gasteiger partial charge in [0.25, 0.3) is 5.91 Å². The summed E-state index contributed by atoms with van der Waals surface area (Å²) in [5.41, 5.74) is 6.03. The van der Waals surface area contributed by atoms with Crippen molar-refractivity contribution in [2.45, 2.75) is 19.9 Å². The van der Waals surface area contributed by atoms with Gasteiger partial charge in [-0.25, -0.2) is 0 Å². The Labute approximate surface area is 146 Å². The summed E-state index contributed by atoms with van der Waals surface area (Å²) >= 11 is 0. The first-order chi connectivity index (χ1) is 12.0. The van der Waals surface area contributed by atoms with Crippen LogP contribution in [0.15, 0.2) is 59.5 Å². The molecule has 0 radical (unpaired) electrons. The van der Waals surface area contributed by atoms with Crippen molar-refractivity contribution in [2.24, 2.45) is 5.84 Å². The largest absolute Gasteiger partial charge is 0.456 e. The summed E-state index contributed by atoms with van der Waals surface area (Å²) in [6.07, 6.45) is 0. The first-order valence-corrected chi connectivity index (χ1v) is 8.09. The SMILES string of the molecule is C=C(c1cc2ccccc2o1)c1cc(C(=O)NC(C)C)ccc1NN. The van der Waals surface area contributed by atoms with Gasteiger partial charge in [0.05, 0.1) is 5.69 Å². The van der Waals surface area contributed by atoms with Gasteiger partial charge in [-0.3, -0.25) is 10.6 Å². The fourth-order valence-corrected chi connectivity index (χ4v) is 2.67. The van der Waals surface area contributed by atoms with Gasteiger partial charge in [0, 0.05) is 28.1 Å². The van der Waals surface area contributed by atoms with Gasteiger partial charge in [-0.1, -0.05) is 24.8 Å². The van der Waals surface area contributed by atoms with Gasteiger partial charge in [-0.15, -0.1) is 0 Å². The third kappa shape index (κ3) is 3.41. The quantitative estimate of drug-likeness (QED) is 0.488. The van der Waals surface area contributed by atoms with Crippen LogP contribution in [0.25, 0.3) is 16.5 Å². The molecule has 128 valence electrons. The predicted octanol–water partition coefficient (Wildman–Crippen LogP) is 3.92. The standard InChI is InChI=1S/C20H21N3O2/c1-12(2)22-20(24)15-8-9-17(23-21)16(10-15)13(3)19-11-14-6-4-5-7-18(14)25-19/h4-12,23H,3,21H2,1-2H3,(H,22,24). The molecule has 0 aliphatic rings. The summed E-state index contributed by atoms with van der Waals surface area (Å²) in [5, 5.41) is 3.88. The highest BCUT2D eigenvalue weighted by molar-refractivity contribution is 5.97. The van der Waals surface area contributed by atoms with Gasteiger partial charge in [0.2, 0.25) is 0 Å². The van der Waals surface area contributed by atoms with Gasteiger partial charge < -0.3 is 15.2 Å². The van der Waals surface area contributed by atoms with Crippen molar-refractivity contribution in [3.8, 4) is 0 Å². The Morgan fingerprint density at radius 3 is 2.60 bits per heavy atom. The molecular weight excluding hydrogens is 314 g/mol. The van der Waals surface area contributed by atoms with Gasteiger partial charge in [-0.05, 0) is 44.2 Å². The maximum Gasteiger partial charge on any atom is 0.251 e. The van der Waals surface area contributed by atoms with E-state index in [1.807, 2.05) is 44.2 Å². The van der Waals surface area contributed by atoms with Crippen molar-refractivity contribution >= 4 is 28.1 Å². The van der Waals surface area contributed by atoms with Gasteiger partial charge in [0.15, 0.2) is 0 Å². The summed E-state index contributed by atoms with van der Waals surface area (Å²) in [4.78, 5) is 12.3. The van der Waals surface area contributed by atoms with Crippen molar-refractivity contribution < 1.29 is 9.21 Å². The highest BCUT2D eigenvalue weighted by Gasteiger charge is 2.15. The molecule has 5 heteroatoms. The molecule has 0 bridgehead atoms. The number of benzene rings is 2. The van der Waals surface area contributed by atoms with Crippen LogP contribution in [0.2, 0.25) is 0 Å². The Hall–Kier alpha value is -3.05. The van der Waals surface area contributed by atoms with Crippen LogP contribution in [0.1, 0.15) is 35.5 Å². The number of carbonyl (C=O) groups is 1. The van der Waals surface area contributed by atoms with E-state index >= 15 is 0 Å². The molecule has 1 aromatic heterocycles. The van der Waals surface area contributed by atoms with Gasteiger partial charge in [0.1, 0.15) is 11.3 Å². The molecule has 4 N–H and O–H groups in total. The summed E-state index contributed by atoms with van der Waals surface area (Å²) in [6.45, 7) is 7.98. The van der Waals surface area contributed by atoms with Crippen LogP contribution in [0, 0.1) is 0 Å². The average molecular weight is 335 g/mol. The minimum absolute atomic E-state index is 0.0573. The van der Waals surface area contributed by atoms with Gasteiger partial charge >= 0.3 is 0 Å². The third-order valence-electron chi connectivity index (χ3n) is 3.91. The number of para-hydroxylation sites is 1. The molecule has 0 atom stereocenters. The van der Waals surface area contributed by atoms with Crippen molar-refractivity contribution in [3.63, 3.8) is 0 Å². The second-order valence-electron chi connectivity index (χ2n) is 6.16.